The topological polar surface area (TPSA) is 49.9 Å². The number of benzene rings is 1. The second-order valence-corrected chi connectivity index (χ2v) is 7.86. The number of ether oxygens (including phenoxy) is 1. The number of rotatable bonds is 2. The molecule has 5 nitrogen and oxygen atoms in total. The van der Waals surface area contributed by atoms with Gasteiger partial charge in [-0.3, -0.25) is 0 Å². The highest BCUT2D eigenvalue weighted by Crippen LogP contribution is 2.30. The first-order valence-corrected chi connectivity index (χ1v) is 8.92. The highest BCUT2D eigenvalue weighted by Gasteiger charge is 2.43. The Bertz CT molecular complexity index is 645. The van der Waals surface area contributed by atoms with Crippen LogP contribution >= 0.6 is 0 Å². The van der Waals surface area contributed by atoms with Crippen LogP contribution in [0.2, 0.25) is 0 Å². The summed E-state index contributed by atoms with van der Waals surface area (Å²) < 4.78 is 47.3. The van der Waals surface area contributed by atoms with Gasteiger partial charge in [0.15, 0.2) is 0 Å². The molecule has 1 aromatic carbocycles. The average molecular weight is 328 g/mol. The van der Waals surface area contributed by atoms with E-state index in [2.05, 4.69) is 4.90 Å². The summed E-state index contributed by atoms with van der Waals surface area (Å²) in [6.45, 7) is 3.74. The molecule has 0 spiro atoms. The van der Waals surface area contributed by atoms with Crippen LogP contribution in [0.5, 0.6) is 0 Å². The number of sulfonamides is 1. The zero-order valence-corrected chi connectivity index (χ0v) is 13.6. The maximum Gasteiger partial charge on any atom is 0.246 e. The second-order valence-electron chi connectivity index (χ2n) is 6.03. The number of hydrogen-bond donors (Lipinski definition) is 0. The molecule has 0 aliphatic carbocycles. The monoisotopic (exact) mass is 328 g/mol. The van der Waals surface area contributed by atoms with Gasteiger partial charge in [-0.15, -0.1) is 0 Å². The number of likely N-dealkylation sites (tertiary alicyclic amines) is 1. The first-order valence-electron chi connectivity index (χ1n) is 7.48. The van der Waals surface area contributed by atoms with E-state index in [0.29, 0.717) is 18.7 Å². The molecule has 22 heavy (non-hydrogen) atoms. The van der Waals surface area contributed by atoms with Crippen LogP contribution in [-0.2, 0) is 14.8 Å². The zero-order chi connectivity index (χ0) is 15.9. The molecule has 3 rings (SSSR count). The molecule has 2 saturated heterocycles. The molecule has 0 bridgehead atoms. The molecular weight excluding hydrogens is 307 g/mol. The first-order chi connectivity index (χ1) is 10.4. The van der Waals surface area contributed by atoms with Gasteiger partial charge in [-0.1, -0.05) is 12.1 Å². The summed E-state index contributed by atoms with van der Waals surface area (Å²) in [5, 5.41) is 0. The molecule has 2 heterocycles. The van der Waals surface area contributed by atoms with Crippen LogP contribution in [0.4, 0.5) is 4.39 Å². The van der Waals surface area contributed by atoms with Crippen LogP contribution < -0.4 is 0 Å². The molecule has 2 fully saturated rings. The second kappa shape index (κ2) is 5.88. The summed E-state index contributed by atoms with van der Waals surface area (Å²) in [5.41, 5.74) is 0.437. The molecule has 1 aromatic rings. The summed E-state index contributed by atoms with van der Waals surface area (Å²) in [4.78, 5) is 1.89. The lowest BCUT2D eigenvalue weighted by Gasteiger charge is -2.45. The Labute approximate surface area is 130 Å². The molecule has 122 valence electrons. The van der Waals surface area contributed by atoms with Crippen molar-refractivity contribution in [3.8, 4) is 0 Å². The minimum Gasteiger partial charge on any atom is -0.375 e. The maximum atomic E-state index is 14.2. The molecule has 0 N–H and O–H groups in total. The maximum absolute atomic E-state index is 14.2. The summed E-state index contributed by atoms with van der Waals surface area (Å²) >= 11 is 0. The number of hydrogen-bond acceptors (Lipinski definition) is 4. The minimum atomic E-state index is -3.87. The van der Waals surface area contributed by atoms with Gasteiger partial charge >= 0.3 is 0 Å². The first kappa shape index (κ1) is 15.9. The van der Waals surface area contributed by atoms with E-state index in [1.54, 1.807) is 13.0 Å². The van der Waals surface area contributed by atoms with Crippen LogP contribution in [0, 0.1) is 12.7 Å². The van der Waals surface area contributed by atoms with E-state index in [1.807, 2.05) is 7.05 Å². The van der Waals surface area contributed by atoms with Crippen molar-refractivity contribution in [1.29, 1.82) is 0 Å². The lowest BCUT2D eigenvalue weighted by molar-refractivity contribution is -0.0720. The third-order valence-electron chi connectivity index (χ3n) is 4.47. The Kier molecular flexibility index (Phi) is 4.24. The quantitative estimate of drug-likeness (QED) is 0.819. The summed E-state index contributed by atoms with van der Waals surface area (Å²) in [5.74, 6) is -0.688. The zero-order valence-electron chi connectivity index (χ0n) is 12.8. The van der Waals surface area contributed by atoms with Gasteiger partial charge in [-0.2, -0.15) is 4.31 Å². The molecular formula is C15H21FN2O3S. The standard InChI is InChI=1S/C15H21FN2O3S/c1-11-4-3-5-12(16)15(11)22(19,20)18-8-9-21-14-6-7-17(2)10-13(14)18/h3-5,13-14H,6-10H2,1-2H3/t13-,14+/m0/s1. The average Bonchev–Trinajstić information content (AvgIpc) is 2.46. The highest BCUT2D eigenvalue weighted by atomic mass is 32.2. The van der Waals surface area contributed by atoms with Crippen LogP contribution in [0.3, 0.4) is 0 Å². The van der Waals surface area contributed by atoms with Gasteiger partial charge in [0.05, 0.1) is 18.8 Å². The molecule has 0 saturated carbocycles. The van der Waals surface area contributed by atoms with Crippen molar-refractivity contribution in [2.45, 2.75) is 30.4 Å². The lowest BCUT2D eigenvalue weighted by atomic mass is 10.0. The number of nitrogens with zero attached hydrogens (tertiary/aromatic N) is 2. The molecule has 2 aliphatic rings. The number of halogens is 1. The van der Waals surface area contributed by atoms with Gasteiger partial charge in [-0.05, 0) is 32.0 Å². The minimum absolute atomic E-state index is 0.105. The van der Waals surface area contributed by atoms with E-state index in [1.165, 1.54) is 16.4 Å². The molecule has 2 aliphatic heterocycles. The van der Waals surface area contributed by atoms with E-state index in [4.69, 9.17) is 4.74 Å². The smallest absolute Gasteiger partial charge is 0.246 e. The number of aryl methyl sites for hydroxylation is 1. The summed E-state index contributed by atoms with van der Waals surface area (Å²) in [6.07, 6.45) is 0.690. The van der Waals surface area contributed by atoms with Crippen LogP contribution in [0.15, 0.2) is 23.1 Å². The van der Waals surface area contributed by atoms with Crippen molar-refractivity contribution < 1.29 is 17.5 Å². The van der Waals surface area contributed by atoms with E-state index in [0.717, 1.165) is 13.0 Å². The van der Waals surface area contributed by atoms with Gasteiger partial charge in [-0.25, -0.2) is 12.8 Å². The van der Waals surface area contributed by atoms with Gasteiger partial charge in [0.1, 0.15) is 10.7 Å². The van der Waals surface area contributed by atoms with Crippen molar-refractivity contribution >= 4 is 10.0 Å². The highest BCUT2D eigenvalue weighted by molar-refractivity contribution is 7.89. The van der Waals surface area contributed by atoms with Gasteiger partial charge < -0.3 is 9.64 Å². The van der Waals surface area contributed by atoms with E-state index < -0.39 is 15.8 Å². The molecule has 0 unspecified atom stereocenters. The van der Waals surface area contributed by atoms with Gasteiger partial charge in [0.25, 0.3) is 0 Å². The Balaban J connectivity index is 2.00. The van der Waals surface area contributed by atoms with E-state index in [9.17, 15) is 12.8 Å². The molecule has 0 amide bonds. The fraction of sp³-hybridized carbons (Fsp3) is 0.600. The third kappa shape index (κ3) is 2.67. The predicted octanol–water partition coefficient (Wildman–Crippen LogP) is 1.23. The number of likely N-dealkylation sites (N-methyl/N-ethyl adjacent to an activating group) is 1. The Morgan fingerprint density at radius 2 is 2.09 bits per heavy atom. The van der Waals surface area contributed by atoms with E-state index in [-0.39, 0.29) is 23.6 Å². The Morgan fingerprint density at radius 3 is 2.82 bits per heavy atom. The number of morpholine rings is 1. The van der Waals surface area contributed by atoms with Crippen LogP contribution in [0.1, 0.15) is 12.0 Å². The van der Waals surface area contributed by atoms with Crippen molar-refractivity contribution in [3.05, 3.63) is 29.6 Å². The van der Waals surface area contributed by atoms with Crippen molar-refractivity contribution in [2.24, 2.45) is 0 Å². The van der Waals surface area contributed by atoms with Crippen LogP contribution in [0.25, 0.3) is 0 Å². The predicted molar refractivity (Wildman–Crippen MR) is 80.7 cm³/mol. The molecule has 2 atom stereocenters. The number of fused-ring (bicyclic) bond motifs is 1. The molecule has 0 radical (unpaired) electrons. The third-order valence-corrected chi connectivity index (χ3v) is 6.57. The lowest BCUT2D eigenvalue weighted by Crippen LogP contribution is -2.60. The summed E-state index contributed by atoms with van der Waals surface area (Å²) in [7, 11) is -1.90. The Hall–Kier alpha value is -1.02. The van der Waals surface area contributed by atoms with Gasteiger partial charge in [0.2, 0.25) is 10.0 Å². The fourth-order valence-electron chi connectivity index (χ4n) is 3.36. The molecule has 7 heteroatoms. The molecule has 0 aromatic heterocycles. The SMILES string of the molecule is Cc1cccc(F)c1S(=O)(=O)N1CCO[C@@H]2CCN(C)C[C@@H]21. The van der Waals surface area contributed by atoms with Gasteiger partial charge in [0, 0.05) is 19.6 Å². The van der Waals surface area contributed by atoms with Crippen molar-refractivity contribution in [3.63, 3.8) is 0 Å². The largest absolute Gasteiger partial charge is 0.375 e. The summed E-state index contributed by atoms with van der Waals surface area (Å²) in [6, 6.07) is 4.10. The fourth-order valence-corrected chi connectivity index (χ4v) is 5.26. The number of piperidine rings is 1. The van der Waals surface area contributed by atoms with E-state index >= 15 is 0 Å². The normalized spacial score (nSPS) is 27.6. The van der Waals surface area contributed by atoms with Crippen LogP contribution in [-0.4, -0.2) is 63.1 Å². The van der Waals surface area contributed by atoms with Crippen molar-refractivity contribution in [1.82, 2.24) is 9.21 Å². The van der Waals surface area contributed by atoms with Crippen molar-refractivity contribution in [2.75, 3.05) is 33.3 Å². The Morgan fingerprint density at radius 1 is 1.32 bits per heavy atom.